The number of aliphatic hydroxyl groups is 1. The second-order valence-corrected chi connectivity index (χ2v) is 7.61. The lowest BCUT2D eigenvalue weighted by Crippen LogP contribution is -2.37. The van der Waals surface area contributed by atoms with Gasteiger partial charge in [-0.3, -0.25) is 4.79 Å². The van der Waals surface area contributed by atoms with E-state index in [9.17, 15) is 4.79 Å². The van der Waals surface area contributed by atoms with Crippen LogP contribution in [0.1, 0.15) is 13.8 Å². The summed E-state index contributed by atoms with van der Waals surface area (Å²) in [5.41, 5.74) is 1.06. The van der Waals surface area contributed by atoms with E-state index in [0.29, 0.717) is 5.92 Å². The highest BCUT2D eigenvalue weighted by molar-refractivity contribution is 5.87. The number of H-pyrrole nitrogens is 1. The van der Waals surface area contributed by atoms with Crippen LogP contribution in [-0.4, -0.2) is 64.2 Å². The number of hydrogen-bond donors (Lipinski definition) is 2. The first-order valence-corrected chi connectivity index (χ1v) is 8.28. The summed E-state index contributed by atoms with van der Waals surface area (Å²) in [7, 11) is 2.06. The first kappa shape index (κ1) is 15.4. The first-order chi connectivity index (χ1) is 11.4. The minimum absolute atomic E-state index is 0.108. The number of amides is 1. The molecular formula is C17H23N5O2. The summed E-state index contributed by atoms with van der Waals surface area (Å²) < 4.78 is 0. The molecule has 3 heterocycles. The van der Waals surface area contributed by atoms with Gasteiger partial charge >= 0.3 is 0 Å². The van der Waals surface area contributed by atoms with E-state index in [1.54, 1.807) is 11.2 Å². The minimum atomic E-state index is -0.400. The van der Waals surface area contributed by atoms with Gasteiger partial charge < -0.3 is 19.9 Å². The molecule has 1 aliphatic heterocycles. The molecule has 24 heavy (non-hydrogen) atoms. The Morgan fingerprint density at radius 3 is 2.79 bits per heavy atom. The van der Waals surface area contributed by atoms with Crippen molar-refractivity contribution in [3.8, 4) is 0 Å². The predicted molar refractivity (Wildman–Crippen MR) is 90.5 cm³/mol. The summed E-state index contributed by atoms with van der Waals surface area (Å²) in [5, 5.41) is 10.1. The van der Waals surface area contributed by atoms with Crippen molar-refractivity contribution >= 4 is 22.8 Å². The summed E-state index contributed by atoms with van der Waals surface area (Å²) in [6, 6.07) is 2.00. The average molecular weight is 329 g/mol. The first-order valence-electron chi connectivity index (χ1n) is 8.28. The van der Waals surface area contributed by atoms with E-state index < -0.39 is 6.61 Å². The quantitative estimate of drug-likeness (QED) is 0.869. The molecule has 0 spiro atoms. The van der Waals surface area contributed by atoms with Crippen molar-refractivity contribution in [2.24, 2.45) is 16.7 Å². The maximum Gasteiger partial charge on any atom is 0.248 e. The predicted octanol–water partition coefficient (Wildman–Crippen LogP) is 0.871. The third kappa shape index (κ3) is 1.90. The van der Waals surface area contributed by atoms with Crippen LogP contribution in [0.2, 0.25) is 0 Å². The molecule has 1 amide bonds. The van der Waals surface area contributed by atoms with Crippen molar-refractivity contribution < 1.29 is 9.90 Å². The van der Waals surface area contributed by atoms with Gasteiger partial charge in [-0.2, -0.15) is 0 Å². The molecule has 0 aromatic carbocycles. The monoisotopic (exact) mass is 329 g/mol. The van der Waals surface area contributed by atoms with E-state index in [1.165, 1.54) is 0 Å². The van der Waals surface area contributed by atoms with Gasteiger partial charge in [-0.05, 0) is 22.8 Å². The fraction of sp³-hybridized carbons (Fsp3) is 0.588. The Morgan fingerprint density at radius 2 is 2.12 bits per heavy atom. The highest BCUT2D eigenvalue weighted by Crippen LogP contribution is 2.72. The molecule has 0 bridgehead atoms. The molecular weight excluding hydrogens is 306 g/mol. The van der Waals surface area contributed by atoms with Crippen molar-refractivity contribution in [1.82, 2.24) is 19.9 Å². The summed E-state index contributed by atoms with van der Waals surface area (Å²) in [5.74, 6) is 1.27. The molecule has 0 unspecified atom stereocenters. The normalized spacial score (nSPS) is 31.3. The van der Waals surface area contributed by atoms with E-state index in [1.807, 2.05) is 12.3 Å². The molecule has 4 rings (SSSR count). The number of aromatic amines is 1. The van der Waals surface area contributed by atoms with E-state index in [-0.39, 0.29) is 16.7 Å². The number of aromatic nitrogens is 3. The maximum atomic E-state index is 11.8. The summed E-state index contributed by atoms with van der Waals surface area (Å²) in [4.78, 5) is 27.6. The van der Waals surface area contributed by atoms with Crippen LogP contribution in [0.3, 0.4) is 0 Å². The van der Waals surface area contributed by atoms with Gasteiger partial charge in [-0.15, -0.1) is 0 Å². The zero-order chi connectivity index (χ0) is 17.1. The molecule has 2 aromatic rings. The van der Waals surface area contributed by atoms with Crippen LogP contribution in [0.4, 0.5) is 5.82 Å². The van der Waals surface area contributed by atoms with E-state index in [2.05, 4.69) is 40.7 Å². The molecule has 3 atom stereocenters. The molecule has 1 saturated heterocycles. The van der Waals surface area contributed by atoms with E-state index in [4.69, 9.17) is 5.11 Å². The van der Waals surface area contributed by atoms with Crippen molar-refractivity contribution in [1.29, 1.82) is 0 Å². The molecule has 1 aliphatic carbocycles. The molecule has 0 radical (unpaired) electrons. The summed E-state index contributed by atoms with van der Waals surface area (Å²) >= 11 is 0. The number of nitrogens with one attached hydrogen (secondary N) is 1. The van der Waals surface area contributed by atoms with Crippen molar-refractivity contribution in [3.05, 3.63) is 18.6 Å². The lowest BCUT2D eigenvalue weighted by Gasteiger charge is -2.26. The Hall–Kier alpha value is -2.15. The van der Waals surface area contributed by atoms with Crippen LogP contribution in [0, 0.1) is 16.7 Å². The Morgan fingerprint density at radius 1 is 1.42 bits per heavy atom. The number of carbonyl (C=O) groups excluding carboxylic acids is 1. The topological polar surface area (TPSA) is 85.3 Å². The largest absolute Gasteiger partial charge is 0.387 e. The van der Waals surface area contributed by atoms with Gasteiger partial charge in [0.2, 0.25) is 5.91 Å². The molecule has 2 N–H and O–H groups in total. The lowest BCUT2D eigenvalue weighted by molar-refractivity contribution is -0.134. The molecule has 7 heteroatoms. The minimum Gasteiger partial charge on any atom is -0.387 e. The van der Waals surface area contributed by atoms with Crippen LogP contribution < -0.4 is 4.90 Å². The van der Waals surface area contributed by atoms with E-state index >= 15 is 0 Å². The van der Waals surface area contributed by atoms with Crippen LogP contribution in [0.25, 0.3) is 11.0 Å². The van der Waals surface area contributed by atoms with Crippen LogP contribution in [-0.2, 0) is 4.79 Å². The molecule has 2 aromatic heterocycles. The van der Waals surface area contributed by atoms with Crippen LogP contribution in [0.5, 0.6) is 0 Å². The number of likely N-dealkylation sites (tertiary alicyclic amines) is 1. The molecule has 1 saturated carbocycles. The van der Waals surface area contributed by atoms with E-state index in [0.717, 1.165) is 36.5 Å². The Labute approximate surface area is 140 Å². The standard InChI is InChI=1S/C17H23N5O2/c1-16-8-22(13(24)7-23)9-17(16,2)12(16)6-21(3)15-11-4-5-18-14(11)19-10-20-15/h4-5,10,12,23H,6-9H2,1-3H3,(H,18,19,20)/t12-,16-,17+. The second-order valence-electron chi connectivity index (χ2n) is 7.61. The van der Waals surface area contributed by atoms with Crippen molar-refractivity contribution in [2.45, 2.75) is 13.8 Å². The summed E-state index contributed by atoms with van der Waals surface area (Å²) in [6.07, 6.45) is 3.47. The van der Waals surface area contributed by atoms with Gasteiger partial charge in [0, 0.05) is 32.9 Å². The third-order valence-electron chi connectivity index (χ3n) is 6.44. The van der Waals surface area contributed by atoms with Gasteiger partial charge in [0.25, 0.3) is 0 Å². The number of aliphatic hydroxyl groups excluding tert-OH is 1. The highest BCUT2D eigenvalue weighted by atomic mass is 16.3. The number of anilines is 1. The fourth-order valence-electron chi connectivity index (χ4n) is 4.71. The van der Waals surface area contributed by atoms with Crippen molar-refractivity contribution in [3.63, 3.8) is 0 Å². The average Bonchev–Trinajstić information content (AvgIpc) is 2.99. The smallest absolute Gasteiger partial charge is 0.248 e. The summed E-state index contributed by atoms with van der Waals surface area (Å²) in [6.45, 7) is 6.45. The highest BCUT2D eigenvalue weighted by Gasteiger charge is 2.75. The molecule has 7 nitrogen and oxygen atoms in total. The fourth-order valence-corrected chi connectivity index (χ4v) is 4.71. The van der Waals surface area contributed by atoms with Gasteiger partial charge in [0.1, 0.15) is 24.4 Å². The Balaban J connectivity index is 1.52. The zero-order valence-corrected chi connectivity index (χ0v) is 14.3. The van der Waals surface area contributed by atoms with Gasteiger partial charge in [-0.1, -0.05) is 13.8 Å². The number of nitrogens with zero attached hydrogens (tertiary/aromatic N) is 4. The second kappa shape index (κ2) is 4.92. The molecule has 128 valence electrons. The number of hydrogen-bond acceptors (Lipinski definition) is 5. The number of piperidine rings is 1. The Kier molecular flexibility index (Phi) is 3.16. The maximum absolute atomic E-state index is 11.8. The van der Waals surface area contributed by atoms with Crippen molar-refractivity contribution in [2.75, 3.05) is 38.2 Å². The number of rotatable bonds is 4. The zero-order valence-electron chi connectivity index (χ0n) is 14.3. The van der Waals surface area contributed by atoms with Gasteiger partial charge in [0.15, 0.2) is 0 Å². The number of fused-ring (bicyclic) bond motifs is 2. The third-order valence-corrected chi connectivity index (χ3v) is 6.44. The van der Waals surface area contributed by atoms with Gasteiger partial charge in [-0.25, -0.2) is 9.97 Å². The molecule has 2 aliphatic rings. The van der Waals surface area contributed by atoms with Gasteiger partial charge in [0.05, 0.1) is 5.39 Å². The van der Waals surface area contributed by atoms with Crippen LogP contribution >= 0.6 is 0 Å². The SMILES string of the molecule is CN(C[C@H]1[C@]2(C)CN(C(=O)CO)C[C@]12C)c1ncnc2[nH]ccc12. The molecule has 2 fully saturated rings. The lowest BCUT2D eigenvalue weighted by atomic mass is 10.0. The Bertz CT molecular complexity index is 787. The van der Waals surface area contributed by atoms with Crippen LogP contribution in [0.15, 0.2) is 18.6 Å². The number of carbonyl (C=O) groups is 1.